The topological polar surface area (TPSA) is 215 Å². The van der Waals surface area contributed by atoms with E-state index in [0.717, 1.165) is 6.92 Å². The lowest BCUT2D eigenvalue weighted by molar-refractivity contribution is -0.346. The predicted molar refractivity (Wildman–Crippen MR) is 208 cm³/mol. The first-order valence-electron chi connectivity index (χ1n) is 19.6. The van der Waals surface area contributed by atoms with Gasteiger partial charge in [0.15, 0.2) is 17.5 Å². The van der Waals surface area contributed by atoms with Gasteiger partial charge in [-0.3, -0.25) is 14.4 Å². The minimum atomic E-state index is -2.35. The van der Waals surface area contributed by atoms with Gasteiger partial charge in [0.05, 0.1) is 35.6 Å². The molecule has 3 aromatic rings. The third kappa shape index (κ3) is 6.76. The van der Waals surface area contributed by atoms with Crippen LogP contribution in [0.4, 0.5) is 0 Å². The van der Waals surface area contributed by atoms with Crippen LogP contribution in [-0.4, -0.2) is 104 Å². The number of hydrogen-bond donors (Lipinski definition) is 5. The number of ether oxygens (including phenoxy) is 4. The number of carbonyl (C=O) groups is 5. The number of esters is 3. The molecule has 5 N–H and O–H groups in total. The highest BCUT2D eigenvalue weighted by molar-refractivity contribution is 5.95. The Bertz CT molecular complexity index is 2160. The summed E-state index contributed by atoms with van der Waals surface area (Å²) in [5, 5.41) is 51.9. The van der Waals surface area contributed by atoms with Crippen molar-refractivity contribution in [2.75, 3.05) is 6.61 Å². The van der Waals surface area contributed by atoms with Crippen molar-refractivity contribution in [2.45, 2.75) is 101 Å². The van der Waals surface area contributed by atoms with Gasteiger partial charge in [0.1, 0.15) is 30.0 Å². The standard InChI is InChI=1S/C45H49NO13/c1-24-29(57-41(54)35(50)33(26-15-9-6-10-16-26)46-39(52)27-17-11-7-12-18-27)22-45(55)38(58-40(53)28-19-13-8-14-20-28)36-43(5,37(51)34(49)32(24)42(45,3)4)30(48)21-31-44(36,23-56-31)59-25(2)47/h6-20,29-31,33-36,38,48-50,55H,21-23H2,1-5H3,(H,46,52)/t29?,30-,31+,33-,34+,35+,36?,38?,43+,44-,45+/m0/s1. The molecule has 2 saturated carbocycles. The van der Waals surface area contributed by atoms with E-state index in [9.17, 15) is 44.4 Å². The van der Waals surface area contributed by atoms with Crippen molar-refractivity contribution in [2.24, 2.45) is 16.7 Å². The number of ketones is 1. The number of hydrogen-bond acceptors (Lipinski definition) is 13. The first kappa shape index (κ1) is 41.9. The molecule has 0 aromatic heterocycles. The summed E-state index contributed by atoms with van der Waals surface area (Å²) in [4.78, 5) is 69.5. The second-order valence-corrected chi connectivity index (χ2v) is 16.8. The Morgan fingerprint density at radius 2 is 1.44 bits per heavy atom. The number of amides is 1. The summed E-state index contributed by atoms with van der Waals surface area (Å²) in [7, 11) is 0. The number of aliphatic hydroxyl groups excluding tert-OH is 3. The average Bonchev–Trinajstić information content (AvgIpc) is 3.21. The van der Waals surface area contributed by atoms with Crippen molar-refractivity contribution in [3.8, 4) is 0 Å². The van der Waals surface area contributed by atoms with Crippen molar-refractivity contribution < 1.29 is 63.3 Å². The molecule has 3 aromatic carbocycles. The van der Waals surface area contributed by atoms with E-state index in [1.54, 1.807) is 92.7 Å². The molecule has 4 aliphatic rings. The molecule has 3 aliphatic carbocycles. The fourth-order valence-corrected chi connectivity index (χ4v) is 9.94. The summed E-state index contributed by atoms with van der Waals surface area (Å²) in [6.45, 7) is 6.89. The molecular weight excluding hydrogens is 762 g/mol. The molecule has 1 heterocycles. The minimum Gasteiger partial charge on any atom is -0.456 e. The highest BCUT2D eigenvalue weighted by Gasteiger charge is 2.78. The van der Waals surface area contributed by atoms with Crippen molar-refractivity contribution in [1.82, 2.24) is 5.32 Å². The van der Waals surface area contributed by atoms with Gasteiger partial charge in [-0.1, -0.05) is 80.6 Å². The number of nitrogens with one attached hydrogen (secondary N) is 1. The minimum absolute atomic E-state index is 0.0540. The maximum atomic E-state index is 15.0. The lowest BCUT2D eigenvalue weighted by Crippen LogP contribution is -2.81. The number of rotatable bonds is 9. The Morgan fingerprint density at radius 1 is 0.864 bits per heavy atom. The van der Waals surface area contributed by atoms with Gasteiger partial charge >= 0.3 is 17.9 Å². The van der Waals surface area contributed by atoms with Crippen LogP contribution in [0.1, 0.15) is 79.8 Å². The van der Waals surface area contributed by atoms with Gasteiger partial charge in [0.25, 0.3) is 5.91 Å². The van der Waals surface area contributed by atoms with E-state index in [2.05, 4.69) is 5.32 Å². The summed E-state index contributed by atoms with van der Waals surface area (Å²) in [6, 6.07) is 23.1. The Labute approximate surface area is 341 Å². The zero-order valence-corrected chi connectivity index (χ0v) is 33.4. The van der Waals surface area contributed by atoms with Gasteiger partial charge in [-0.15, -0.1) is 0 Å². The van der Waals surface area contributed by atoms with Gasteiger partial charge in [-0.25, -0.2) is 9.59 Å². The number of Topliss-reactive ketones (excluding diaryl/α,β-unsaturated/α-hetero) is 1. The zero-order valence-electron chi connectivity index (χ0n) is 33.4. The smallest absolute Gasteiger partial charge is 0.338 e. The van der Waals surface area contributed by atoms with Crippen molar-refractivity contribution in [1.29, 1.82) is 0 Å². The number of carbonyl (C=O) groups excluding carboxylic acids is 5. The van der Waals surface area contributed by atoms with Crippen LogP contribution in [-0.2, 0) is 33.3 Å². The van der Waals surface area contributed by atoms with Crippen LogP contribution in [0.25, 0.3) is 0 Å². The van der Waals surface area contributed by atoms with E-state index in [-0.39, 0.29) is 35.3 Å². The molecule has 312 valence electrons. The summed E-state index contributed by atoms with van der Waals surface area (Å²) in [5.41, 5.74) is -6.86. The molecule has 3 unspecified atom stereocenters. The molecule has 11 atom stereocenters. The van der Waals surface area contributed by atoms with Crippen molar-refractivity contribution >= 4 is 29.6 Å². The molecular formula is C45H49NO13. The van der Waals surface area contributed by atoms with Crippen LogP contribution in [0.2, 0.25) is 0 Å². The molecule has 0 spiro atoms. The Kier molecular flexibility index (Phi) is 10.9. The normalized spacial score (nSPS) is 33.0. The van der Waals surface area contributed by atoms with Gasteiger partial charge in [0, 0.05) is 30.7 Å². The fraction of sp³-hybridized carbons (Fsp3) is 0.444. The van der Waals surface area contributed by atoms with Gasteiger partial charge in [-0.2, -0.15) is 0 Å². The average molecular weight is 812 g/mol. The van der Waals surface area contributed by atoms with Gasteiger partial charge < -0.3 is 44.7 Å². The number of benzene rings is 3. The molecule has 1 aliphatic heterocycles. The first-order chi connectivity index (χ1) is 27.9. The van der Waals surface area contributed by atoms with Crippen LogP contribution >= 0.6 is 0 Å². The Morgan fingerprint density at radius 3 is 2.00 bits per heavy atom. The van der Waals surface area contributed by atoms with E-state index in [0.29, 0.717) is 5.56 Å². The molecule has 0 radical (unpaired) electrons. The van der Waals surface area contributed by atoms with E-state index in [1.165, 1.54) is 26.0 Å². The highest BCUT2D eigenvalue weighted by atomic mass is 16.6. The van der Waals surface area contributed by atoms with E-state index in [1.807, 2.05) is 0 Å². The van der Waals surface area contributed by atoms with Crippen LogP contribution in [0, 0.1) is 16.7 Å². The third-order valence-corrected chi connectivity index (χ3v) is 13.2. The lowest BCUT2D eigenvalue weighted by Gasteiger charge is -2.67. The summed E-state index contributed by atoms with van der Waals surface area (Å²) >= 11 is 0. The Hall–Kier alpha value is -5.25. The molecule has 59 heavy (non-hydrogen) atoms. The first-order valence-corrected chi connectivity index (χ1v) is 19.6. The largest absolute Gasteiger partial charge is 0.456 e. The molecule has 14 heteroatoms. The van der Waals surface area contributed by atoms with Crippen molar-refractivity contribution in [3.05, 3.63) is 119 Å². The highest BCUT2D eigenvalue weighted by Crippen LogP contribution is 2.64. The summed E-state index contributed by atoms with van der Waals surface area (Å²) in [5.74, 6) is -5.89. The van der Waals surface area contributed by atoms with E-state index in [4.69, 9.17) is 18.9 Å². The molecule has 7 rings (SSSR count). The number of aliphatic hydroxyl groups is 4. The molecule has 3 fully saturated rings. The second-order valence-electron chi connectivity index (χ2n) is 16.8. The molecule has 14 nitrogen and oxygen atoms in total. The predicted octanol–water partition coefficient (Wildman–Crippen LogP) is 3.16. The van der Waals surface area contributed by atoms with Gasteiger partial charge in [0.2, 0.25) is 0 Å². The number of fused-ring (bicyclic) bond motifs is 5. The molecule has 1 saturated heterocycles. The van der Waals surface area contributed by atoms with E-state index >= 15 is 0 Å². The van der Waals surface area contributed by atoms with Crippen molar-refractivity contribution in [3.63, 3.8) is 0 Å². The summed E-state index contributed by atoms with van der Waals surface area (Å²) < 4.78 is 24.2. The van der Waals surface area contributed by atoms with Crippen LogP contribution < -0.4 is 5.32 Å². The molecule has 2 bridgehead atoms. The maximum absolute atomic E-state index is 15.0. The van der Waals surface area contributed by atoms with Crippen LogP contribution in [0.15, 0.2) is 102 Å². The van der Waals surface area contributed by atoms with Gasteiger partial charge in [-0.05, 0) is 54.8 Å². The van der Waals surface area contributed by atoms with Crippen LogP contribution in [0.5, 0.6) is 0 Å². The van der Waals surface area contributed by atoms with Crippen LogP contribution in [0.3, 0.4) is 0 Å². The maximum Gasteiger partial charge on any atom is 0.338 e. The summed E-state index contributed by atoms with van der Waals surface area (Å²) in [6.07, 6.45) is -10.5. The Balaban J connectivity index is 1.34. The monoisotopic (exact) mass is 811 g/mol. The SMILES string of the molecule is CC(=O)O[C@@]12CO[C@@H]1C[C@H](O)[C@@]1(C)C(=O)[C@H](O)C3=C(C)C(OC(=O)[C@H](O)[C@@H](NC(=O)c4ccccc4)c4ccccc4)C[C@@](O)(C(OC(=O)c4ccccc4)C12)C3(C)C. The third-order valence-electron chi connectivity index (χ3n) is 13.2. The molecule has 1 amide bonds. The lowest BCUT2D eigenvalue weighted by atomic mass is 9.44. The zero-order chi connectivity index (χ0) is 42.7. The second kappa shape index (κ2) is 15.4. The van der Waals surface area contributed by atoms with E-state index < -0.39 is 107 Å². The quantitative estimate of drug-likeness (QED) is 0.120. The fourth-order valence-electron chi connectivity index (χ4n) is 9.94.